The fourth-order valence-electron chi connectivity index (χ4n) is 7.21. The molecule has 2 heterocycles. The van der Waals surface area contributed by atoms with Gasteiger partial charge in [0.1, 0.15) is 0 Å². The van der Waals surface area contributed by atoms with Gasteiger partial charge in [-0.15, -0.1) is 0 Å². The number of aromatic nitrogens is 4. The van der Waals surface area contributed by atoms with Crippen molar-refractivity contribution in [2.45, 2.75) is 19.3 Å². The molecule has 0 fully saturated rings. The van der Waals surface area contributed by atoms with Crippen LogP contribution in [0.4, 0.5) is 0 Å². The van der Waals surface area contributed by atoms with Crippen molar-refractivity contribution in [2.24, 2.45) is 0 Å². The van der Waals surface area contributed by atoms with Crippen LogP contribution >= 0.6 is 11.6 Å². The first kappa shape index (κ1) is 27.7. The van der Waals surface area contributed by atoms with Crippen molar-refractivity contribution in [3.8, 4) is 51.0 Å². The zero-order valence-corrected chi connectivity index (χ0v) is 26.7. The van der Waals surface area contributed by atoms with Crippen LogP contribution < -0.4 is 0 Å². The van der Waals surface area contributed by atoms with Crippen LogP contribution in [0.15, 0.2) is 140 Å². The van der Waals surface area contributed by atoms with E-state index in [4.69, 9.17) is 26.6 Å². The number of para-hydroxylation sites is 1. The summed E-state index contributed by atoms with van der Waals surface area (Å²) in [5.41, 5.74) is 11.1. The summed E-state index contributed by atoms with van der Waals surface area (Å²) in [6, 6.07) is 48.3. The Kier molecular flexibility index (Phi) is 6.18. The number of benzene rings is 6. The fourth-order valence-corrected chi connectivity index (χ4v) is 7.44. The van der Waals surface area contributed by atoms with Gasteiger partial charge < -0.3 is 4.57 Å². The van der Waals surface area contributed by atoms with Crippen LogP contribution in [0.5, 0.6) is 0 Å². The highest BCUT2D eigenvalue weighted by atomic mass is 35.5. The van der Waals surface area contributed by atoms with Crippen molar-refractivity contribution in [3.63, 3.8) is 0 Å². The van der Waals surface area contributed by atoms with Crippen molar-refractivity contribution in [2.75, 3.05) is 0 Å². The molecule has 0 aliphatic heterocycles. The zero-order chi connectivity index (χ0) is 31.7. The van der Waals surface area contributed by atoms with Gasteiger partial charge in [0.05, 0.1) is 11.0 Å². The van der Waals surface area contributed by atoms with Gasteiger partial charge in [0.15, 0.2) is 17.5 Å². The summed E-state index contributed by atoms with van der Waals surface area (Å²) in [6.45, 7) is 4.65. The van der Waals surface area contributed by atoms with E-state index < -0.39 is 0 Å². The minimum atomic E-state index is -0.0852. The molecule has 4 nitrogen and oxygen atoms in total. The third-order valence-corrected chi connectivity index (χ3v) is 9.69. The van der Waals surface area contributed by atoms with Crippen molar-refractivity contribution in [1.82, 2.24) is 19.5 Å². The molecule has 0 bridgehead atoms. The minimum Gasteiger partial charge on any atom is -0.309 e. The number of hydrogen-bond donors (Lipinski definition) is 0. The van der Waals surface area contributed by atoms with Crippen LogP contribution in [0.2, 0.25) is 5.02 Å². The highest BCUT2D eigenvalue weighted by Gasteiger charge is 2.36. The van der Waals surface area contributed by atoms with Gasteiger partial charge in [-0.3, -0.25) is 0 Å². The van der Waals surface area contributed by atoms with Gasteiger partial charge in [0, 0.05) is 43.6 Å². The van der Waals surface area contributed by atoms with E-state index in [0.29, 0.717) is 22.5 Å². The molecular weight excluding hydrogens is 596 g/mol. The smallest absolute Gasteiger partial charge is 0.164 e. The Labute approximate surface area is 278 Å². The molecule has 0 unspecified atom stereocenters. The second-order valence-corrected chi connectivity index (χ2v) is 13.1. The molecule has 8 aromatic rings. The van der Waals surface area contributed by atoms with E-state index in [1.807, 2.05) is 72.8 Å². The van der Waals surface area contributed by atoms with Crippen LogP contribution in [0.25, 0.3) is 72.8 Å². The molecule has 2 aromatic heterocycles. The van der Waals surface area contributed by atoms with Gasteiger partial charge >= 0.3 is 0 Å². The molecule has 0 atom stereocenters. The van der Waals surface area contributed by atoms with Gasteiger partial charge in [0.2, 0.25) is 0 Å². The van der Waals surface area contributed by atoms with Gasteiger partial charge in [-0.05, 0) is 58.7 Å². The van der Waals surface area contributed by atoms with Gasteiger partial charge in [-0.2, -0.15) is 0 Å². The second-order valence-electron chi connectivity index (χ2n) is 12.7. The maximum Gasteiger partial charge on any atom is 0.164 e. The molecule has 0 saturated carbocycles. The van der Waals surface area contributed by atoms with Crippen LogP contribution in [0.1, 0.15) is 25.0 Å². The van der Waals surface area contributed by atoms with E-state index in [1.165, 1.54) is 33.0 Å². The third-order valence-electron chi connectivity index (χ3n) is 9.47. The molecule has 0 saturated heterocycles. The molecule has 6 aromatic carbocycles. The lowest BCUT2D eigenvalue weighted by atomic mass is 9.82. The molecule has 9 rings (SSSR count). The quantitative estimate of drug-likeness (QED) is 0.196. The first-order valence-electron chi connectivity index (χ1n) is 15.8. The maximum absolute atomic E-state index is 6.95. The fraction of sp³-hybridized carbons (Fsp3) is 0.0714. The molecule has 0 N–H and O–H groups in total. The van der Waals surface area contributed by atoms with E-state index in [9.17, 15) is 0 Å². The summed E-state index contributed by atoms with van der Waals surface area (Å²) in [4.78, 5) is 14.9. The monoisotopic (exact) mass is 624 g/mol. The third kappa shape index (κ3) is 4.40. The van der Waals surface area contributed by atoms with E-state index in [1.54, 1.807) is 0 Å². The summed E-state index contributed by atoms with van der Waals surface area (Å²) >= 11 is 6.95. The Morgan fingerprint density at radius 3 is 1.79 bits per heavy atom. The van der Waals surface area contributed by atoms with Crippen LogP contribution in [-0.4, -0.2) is 19.5 Å². The largest absolute Gasteiger partial charge is 0.309 e. The molecule has 224 valence electrons. The second kappa shape index (κ2) is 10.5. The van der Waals surface area contributed by atoms with Gasteiger partial charge in [-0.25, -0.2) is 15.0 Å². The van der Waals surface area contributed by atoms with Crippen molar-refractivity contribution < 1.29 is 0 Å². The predicted molar refractivity (Wildman–Crippen MR) is 193 cm³/mol. The Bertz CT molecular complexity index is 2440. The average Bonchev–Trinajstić information content (AvgIpc) is 3.56. The van der Waals surface area contributed by atoms with Crippen LogP contribution in [-0.2, 0) is 5.41 Å². The van der Waals surface area contributed by atoms with Crippen molar-refractivity contribution in [3.05, 3.63) is 156 Å². The van der Waals surface area contributed by atoms with Gasteiger partial charge in [0.25, 0.3) is 0 Å². The Morgan fingerprint density at radius 1 is 0.489 bits per heavy atom. The van der Waals surface area contributed by atoms with Crippen LogP contribution in [0.3, 0.4) is 0 Å². The zero-order valence-electron chi connectivity index (χ0n) is 25.9. The standard InChI is InChI=1S/C42H29ClN4/c1-42(2)35-19-11-9-17-31(35)33-25-38-34(24-36(33)42)32-18-10-12-20-37(32)47(38)30-22-28(21-29(43)23-30)41-45-39(26-13-5-3-6-14-26)44-40(46-41)27-15-7-4-8-16-27/h3-25H,1-2H3. The highest BCUT2D eigenvalue weighted by Crippen LogP contribution is 2.51. The number of hydrogen-bond acceptors (Lipinski definition) is 3. The lowest BCUT2D eigenvalue weighted by molar-refractivity contribution is 0.661. The first-order chi connectivity index (χ1) is 23.0. The number of rotatable bonds is 4. The van der Waals surface area contributed by atoms with Crippen molar-refractivity contribution >= 4 is 33.4 Å². The van der Waals surface area contributed by atoms with E-state index in [0.717, 1.165) is 33.4 Å². The Hall–Kier alpha value is -5.58. The lowest BCUT2D eigenvalue weighted by Gasteiger charge is -2.21. The molecule has 0 radical (unpaired) electrons. The molecule has 47 heavy (non-hydrogen) atoms. The summed E-state index contributed by atoms with van der Waals surface area (Å²) in [5, 5.41) is 3.04. The van der Waals surface area contributed by atoms with E-state index in [-0.39, 0.29) is 5.41 Å². The van der Waals surface area contributed by atoms with Crippen LogP contribution in [0, 0.1) is 0 Å². The highest BCUT2D eigenvalue weighted by molar-refractivity contribution is 6.31. The molecule has 0 spiro atoms. The minimum absolute atomic E-state index is 0.0852. The molecular formula is C42H29ClN4. The van der Waals surface area contributed by atoms with E-state index >= 15 is 0 Å². The van der Waals surface area contributed by atoms with Gasteiger partial charge in [-0.1, -0.05) is 129 Å². The number of halogens is 1. The lowest BCUT2D eigenvalue weighted by Crippen LogP contribution is -2.14. The topological polar surface area (TPSA) is 43.6 Å². The Morgan fingerprint density at radius 2 is 1.09 bits per heavy atom. The first-order valence-corrected chi connectivity index (χ1v) is 16.2. The SMILES string of the molecule is CC1(C)c2ccccc2-c2cc3c(cc21)c1ccccc1n3-c1cc(Cl)cc(-c2nc(-c3ccccc3)nc(-c3ccccc3)n2)c1. The normalized spacial score (nSPS) is 13.2. The average molecular weight is 625 g/mol. The molecule has 1 aliphatic carbocycles. The summed E-state index contributed by atoms with van der Waals surface area (Å²) < 4.78 is 2.33. The number of fused-ring (bicyclic) bond motifs is 6. The summed E-state index contributed by atoms with van der Waals surface area (Å²) in [5.74, 6) is 1.80. The molecule has 5 heteroatoms. The molecule has 1 aliphatic rings. The predicted octanol–water partition coefficient (Wildman–Crippen LogP) is 10.9. The summed E-state index contributed by atoms with van der Waals surface area (Å²) in [7, 11) is 0. The Balaban J connectivity index is 1.29. The molecule has 0 amide bonds. The maximum atomic E-state index is 6.95. The van der Waals surface area contributed by atoms with Crippen molar-refractivity contribution in [1.29, 1.82) is 0 Å². The number of nitrogens with zero attached hydrogens (tertiary/aromatic N) is 4. The van der Waals surface area contributed by atoms with E-state index in [2.05, 4.69) is 85.1 Å². The summed E-state index contributed by atoms with van der Waals surface area (Å²) in [6.07, 6.45) is 0.